The summed E-state index contributed by atoms with van der Waals surface area (Å²) in [5.74, 6) is 1.51. The zero-order valence-corrected chi connectivity index (χ0v) is 13.6. The fraction of sp³-hybridized carbons (Fsp3) is 0.125. The fourth-order valence-electron chi connectivity index (χ4n) is 2.06. The van der Waals surface area contributed by atoms with Crippen molar-refractivity contribution in [3.63, 3.8) is 0 Å². The molecule has 1 unspecified atom stereocenters. The SMILES string of the molecule is Cc1cc(-c2cc(Oc3ccc(NP)cc3)ccn2)nn1C. The first-order valence-electron chi connectivity index (χ1n) is 6.87. The summed E-state index contributed by atoms with van der Waals surface area (Å²) in [6, 6.07) is 13.5. The molecule has 3 rings (SSSR count). The maximum absolute atomic E-state index is 5.87. The molecule has 3 aromatic rings. The molecule has 0 bridgehead atoms. The number of aromatic nitrogens is 3. The summed E-state index contributed by atoms with van der Waals surface area (Å²) in [7, 11) is 4.38. The molecule has 5 nitrogen and oxygen atoms in total. The number of benzene rings is 1. The molecule has 1 N–H and O–H groups in total. The lowest BCUT2D eigenvalue weighted by Gasteiger charge is -2.07. The fourth-order valence-corrected chi connectivity index (χ4v) is 2.25. The van der Waals surface area contributed by atoms with Crippen LogP contribution in [0.25, 0.3) is 11.4 Å². The van der Waals surface area contributed by atoms with Gasteiger partial charge in [-0.25, -0.2) is 0 Å². The number of anilines is 1. The van der Waals surface area contributed by atoms with Gasteiger partial charge in [-0.2, -0.15) is 5.10 Å². The summed E-state index contributed by atoms with van der Waals surface area (Å²) in [5, 5.41) is 7.44. The van der Waals surface area contributed by atoms with E-state index in [9.17, 15) is 0 Å². The smallest absolute Gasteiger partial charge is 0.131 e. The quantitative estimate of drug-likeness (QED) is 0.745. The van der Waals surface area contributed by atoms with Crippen LogP contribution in [0.3, 0.4) is 0 Å². The second-order valence-electron chi connectivity index (χ2n) is 4.94. The van der Waals surface area contributed by atoms with E-state index < -0.39 is 0 Å². The van der Waals surface area contributed by atoms with E-state index in [-0.39, 0.29) is 0 Å². The highest BCUT2D eigenvalue weighted by molar-refractivity contribution is 7.18. The molecule has 0 amide bonds. The van der Waals surface area contributed by atoms with Crippen LogP contribution in [0.2, 0.25) is 0 Å². The van der Waals surface area contributed by atoms with Gasteiger partial charge in [-0.1, -0.05) is 0 Å². The number of hydrogen-bond donors (Lipinski definition) is 1. The lowest BCUT2D eigenvalue weighted by molar-refractivity contribution is 0.482. The summed E-state index contributed by atoms with van der Waals surface area (Å²) < 4.78 is 7.70. The van der Waals surface area contributed by atoms with Crippen LogP contribution in [0, 0.1) is 6.92 Å². The van der Waals surface area contributed by atoms with Gasteiger partial charge in [-0.05, 0) is 52.7 Å². The Kier molecular flexibility index (Phi) is 4.07. The van der Waals surface area contributed by atoms with Gasteiger partial charge in [0.2, 0.25) is 0 Å². The van der Waals surface area contributed by atoms with Gasteiger partial charge in [0, 0.05) is 30.7 Å². The normalized spacial score (nSPS) is 10.5. The Labute approximate surface area is 131 Å². The van der Waals surface area contributed by atoms with Crippen molar-refractivity contribution in [3.05, 3.63) is 54.4 Å². The van der Waals surface area contributed by atoms with Crippen molar-refractivity contribution >= 4 is 15.1 Å². The predicted molar refractivity (Wildman–Crippen MR) is 91.0 cm³/mol. The molecule has 0 aliphatic heterocycles. The Hall–Kier alpha value is -2.39. The van der Waals surface area contributed by atoms with Crippen LogP contribution in [0.5, 0.6) is 11.5 Å². The number of nitrogens with zero attached hydrogens (tertiary/aromatic N) is 3. The highest BCUT2D eigenvalue weighted by Crippen LogP contribution is 2.26. The topological polar surface area (TPSA) is 52.0 Å². The van der Waals surface area contributed by atoms with Crippen molar-refractivity contribution in [3.8, 4) is 22.9 Å². The molecule has 112 valence electrons. The van der Waals surface area contributed by atoms with Crippen molar-refractivity contribution in [2.45, 2.75) is 6.92 Å². The van der Waals surface area contributed by atoms with E-state index in [4.69, 9.17) is 4.74 Å². The third-order valence-electron chi connectivity index (χ3n) is 3.36. The number of nitrogens with one attached hydrogen (secondary N) is 1. The summed E-state index contributed by atoms with van der Waals surface area (Å²) in [4.78, 5) is 4.36. The van der Waals surface area contributed by atoms with E-state index in [1.807, 2.05) is 61.1 Å². The minimum absolute atomic E-state index is 0.736. The van der Waals surface area contributed by atoms with Gasteiger partial charge >= 0.3 is 0 Å². The molecule has 22 heavy (non-hydrogen) atoms. The van der Waals surface area contributed by atoms with E-state index >= 15 is 0 Å². The lowest BCUT2D eigenvalue weighted by atomic mass is 10.2. The number of pyridine rings is 1. The van der Waals surface area contributed by atoms with Gasteiger partial charge in [-0.15, -0.1) is 0 Å². The van der Waals surface area contributed by atoms with E-state index in [1.54, 1.807) is 6.20 Å². The Bertz CT molecular complexity index is 764. The Morgan fingerprint density at radius 3 is 2.45 bits per heavy atom. The summed E-state index contributed by atoms with van der Waals surface area (Å²) >= 11 is 0. The molecule has 0 spiro atoms. The molecule has 1 atom stereocenters. The second kappa shape index (κ2) is 6.16. The Balaban J connectivity index is 1.84. The van der Waals surface area contributed by atoms with Crippen LogP contribution < -0.4 is 9.82 Å². The number of ether oxygens (including phenoxy) is 1. The van der Waals surface area contributed by atoms with Crippen molar-refractivity contribution in [1.29, 1.82) is 0 Å². The number of aryl methyl sites for hydroxylation is 2. The second-order valence-corrected chi connectivity index (χ2v) is 5.23. The zero-order valence-electron chi connectivity index (χ0n) is 12.4. The van der Waals surface area contributed by atoms with E-state index in [0.717, 1.165) is 34.3 Å². The third-order valence-corrected chi connectivity index (χ3v) is 3.70. The van der Waals surface area contributed by atoms with Gasteiger partial charge in [0.25, 0.3) is 0 Å². The van der Waals surface area contributed by atoms with Crippen LogP contribution in [0.15, 0.2) is 48.7 Å². The lowest BCUT2D eigenvalue weighted by Crippen LogP contribution is -1.93. The molecular weight excluding hydrogens is 295 g/mol. The Morgan fingerprint density at radius 1 is 1.05 bits per heavy atom. The molecule has 2 heterocycles. The van der Waals surface area contributed by atoms with Crippen molar-refractivity contribution in [2.24, 2.45) is 7.05 Å². The van der Waals surface area contributed by atoms with Crippen molar-refractivity contribution < 1.29 is 4.74 Å². The van der Waals surface area contributed by atoms with Gasteiger partial charge in [-0.3, -0.25) is 9.67 Å². The first-order chi connectivity index (χ1) is 10.7. The minimum atomic E-state index is 0.736. The van der Waals surface area contributed by atoms with Gasteiger partial charge in [0.1, 0.15) is 17.2 Å². The van der Waals surface area contributed by atoms with Crippen LogP contribution >= 0.6 is 9.39 Å². The van der Waals surface area contributed by atoms with E-state index in [2.05, 4.69) is 24.6 Å². The van der Waals surface area contributed by atoms with E-state index in [1.165, 1.54) is 0 Å². The summed E-state index contributed by atoms with van der Waals surface area (Å²) in [6.07, 6.45) is 1.73. The average molecular weight is 312 g/mol. The van der Waals surface area contributed by atoms with Crippen LogP contribution in [0.1, 0.15) is 5.69 Å². The third kappa shape index (κ3) is 3.10. The van der Waals surface area contributed by atoms with Crippen LogP contribution in [-0.4, -0.2) is 14.8 Å². The van der Waals surface area contributed by atoms with Crippen LogP contribution in [0.4, 0.5) is 5.69 Å². The molecule has 1 aromatic carbocycles. The highest BCUT2D eigenvalue weighted by Gasteiger charge is 2.07. The molecule has 0 saturated heterocycles. The van der Waals surface area contributed by atoms with Crippen molar-refractivity contribution in [2.75, 3.05) is 5.09 Å². The first-order valence-corrected chi connectivity index (χ1v) is 7.45. The molecule has 0 aliphatic carbocycles. The highest BCUT2D eigenvalue weighted by atomic mass is 31.0. The van der Waals surface area contributed by atoms with E-state index in [0.29, 0.717) is 0 Å². The maximum Gasteiger partial charge on any atom is 0.131 e. The van der Waals surface area contributed by atoms with Crippen LogP contribution in [-0.2, 0) is 7.05 Å². The molecule has 0 saturated carbocycles. The number of hydrogen-bond acceptors (Lipinski definition) is 4. The molecule has 0 fully saturated rings. The average Bonchev–Trinajstić information content (AvgIpc) is 2.88. The predicted octanol–water partition coefficient (Wildman–Crippen LogP) is 3.78. The van der Waals surface area contributed by atoms with Gasteiger partial charge in [0.05, 0.1) is 5.69 Å². The molecule has 0 radical (unpaired) electrons. The summed E-state index contributed by atoms with van der Waals surface area (Å²) in [5.41, 5.74) is 3.73. The summed E-state index contributed by atoms with van der Waals surface area (Å²) in [6.45, 7) is 2.01. The maximum atomic E-state index is 5.87. The van der Waals surface area contributed by atoms with Gasteiger partial charge < -0.3 is 9.82 Å². The molecular formula is C16H17N4OP. The molecule has 0 aliphatic rings. The van der Waals surface area contributed by atoms with Gasteiger partial charge in [0.15, 0.2) is 0 Å². The Morgan fingerprint density at radius 2 is 1.82 bits per heavy atom. The molecule has 6 heteroatoms. The molecule has 2 aromatic heterocycles. The standard InChI is InChI=1S/C16H17N4OP/c1-11-9-16(18-20(11)2)15-10-14(7-8-17-15)21-13-5-3-12(19-22)4-6-13/h3-10,19H,22H2,1-2H3. The zero-order chi connectivity index (χ0) is 15.5. The minimum Gasteiger partial charge on any atom is -0.457 e. The largest absolute Gasteiger partial charge is 0.457 e. The van der Waals surface area contributed by atoms with Crippen molar-refractivity contribution in [1.82, 2.24) is 14.8 Å². The number of rotatable bonds is 4. The monoisotopic (exact) mass is 312 g/mol. The first kappa shape index (κ1) is 14.5.